The van der Waals surface area contributed by atoms with Gasteiger partial charge in [-0.3, -0.25) is 4.79 Å². The van der Waals surface area contributed by atoms with Crippen LogP contribution in [0.2, 0.25) is 0 Å². The van der Waals surface area contributed by atoms with Crippen molar-refractivity contribution in [1.82, 2.24) is 5.32 Å². The second-order valence-electron chi connectivity index (χ2n) is 4.02. The van der Waals surface area contributed by atoms with Gasteiger partial charge in [0.15, 0.2) is 11.5 Å². The molecule has 0 saturated carbocycles. The van der Waals surface area contributed by atoms with Crippen LogP contribution in [0.25, 0.3) is 0 Å². The summed E-state index contributed by atoms with van der Waals surface area (Å²) >= 11 is 0. The van der Waals surface area contributed by atoms with Gasteiger partial charge in [0.2, 0.25) is 5.91 Å². The average molecular weight is 247 g/mol. The van der Waals surface area contributed by atoms with Crippen LogP contribution in [0.1, 0.15) is 12.5 Å². The molecule has 1 aliphatic rings. The zero-order valence-electron chi connectivity index (χ0n) is 10.4. The van der Waals surface area contributed by atoms with Gasteiger partial charge in [-0.25, -0.2) is 0 Å². The summed E-state index contributed by atoms with van der Waals surface area (Å²) in [6.45, 7) is 3.63. The molecule has 0 aliphatic carbocycles. The number of rotatable bonds is 4. The average Bonchev–Trinajstić information content (AvgIpc) is 2.39. The first-order valence-corrected chi connectivity index (χ1v) is 6.08. The lowest BCUT2D eigenvalue weighted by Gasteiger charge is -2.18. The van der Waals surface area contributed by atoms with Crippen LogP contribution in [-0.4, -0.2) is 25.7 Å². The summed E-state index contributed by atoms with van der Waals surface area (Å²) < 4.78 is 11.0. The topological polar surface area (TPSA) is 47.6 Å². The van der Waals surface area contributed by atoms with Crippen molar-refractivity contribution in [1.29, 1.82) is 0 Å². The molecular formula is C14H17NO3. The number of allylic oxidation sites excluding steroid dienone is 1. The molecule has 0 saturated heterocycles. The second-order valence-corrected chi connectivity index (χ2v) is 4.02. The van der Waals surface area contributed by atoms with Crippen LogP contribution in [0.4, 0.5) is 0 Å². The Morgan fingerprint density at radius 2 is 2.11 bits per heavy atom. The number of carbonyl (C=O) groups excluding carboxylic acids is 1. The largest absolute Gasteiger partial charge is 0.486 e. The molecule has 0 radical (unpaired) electrons. The Balaban J connectivity index is 1.88. The molecule has 1 aliphatic heterocycles. The van der Waals surface area contributed by atoms with E-state index in [0.29, 0.717) is 19.8 Å². The van der Waals surface area contributed by atoms with Crippen LogP contribution in [0.3, 0.4) is 0 Å². The van der Waals surface area contributed by atoms with E-state index in [4.69, 9.17) is 9.47 Å². The molecular weight excluding hydrogens is 230 g/mol. The highest BCUT2D eigenvalue weighted by molar-refractivity contribution is 5.87. The molecule has 18 heavy (non-hydrogen) atoms. The SMILES string of the molecule is C/C=C\C(=O)NCCc1ccc2c(c1)OCCO2. The van der Waals surface area contributed by atoms with E-state index >= 15 is 0 Å². The lowest BCUT2D eigenvalue weighted by Crippen LogP contribution is -2.23. The maximum absolute atomic E-state index is 11.2. The molecule has 0 bridgehead atoms. The summed E-state index contributed by atoms with van der Waals surface area (Å²) in [4.78, 5) is 11.2. The molecule has 4 nitrogen and oxygen atoms in total. The smallest absolute Gasteiger partial charge is 0.243 e. The predicted octanol–water partition coefficient (Wildman–Crippen LogP) is 1.69. The van der Waals surface area contributed by atoms with Crippen LogP contribution >= 0.6 is 0 Å². The van der Waals surface area contributed by atoms with Gasteiger partial charge in [-0.15, -0.1) is 0 Å². The minimum atomic E-state index is -0.0601. The minimum absolute atomic E-state index is 0.0601. The highest BCUT2D eigenvalue weighted by Gasteiger charge is 2.11. The van der Waals surface area contributed by atoms with Crippen molar-refractivity contribution < 1.29 is 14.3 Å². The first-order chi connectivity index (χ1) is 8.79. The fourth-order valence-electron chi connectivity index (χ4n) is 1.78. The van der Waals surface area contributed by atoms with Crippen molar-refractivity contribution in [2.45, 2.75) is 13.3 Å². The quantitative estimate of drug-likeness (QED) is 0.824. The molecule has 0 atom stereocenters. The Bertz CT molecular complexity index is 454. The van der Waals surface area contributed by atoms with Gasteiger partial charge in [0, 0.05) is 6.54 Å². The van der Waals surface area contributed by atoms with Crippen LogP contribution in [0, 0.1) is 0 Å². The van der Waals surface area contributed by atoms with Crippen molar-refractivity contribution in [3.05, 3.63) is 35.9 Å². The number of carbonyl (C=O) groups is 1. The van der Waals surface area contributed by atoms with Gasteiger partial charge < -0.3 is 14.8 Å². The third-order valence-corrected chi connectivity index (χ3v) is 2.64. The zero-order valence-corrected chi connectivity index (χ0v) is 10.4. The summed E-state index contributed by atoms with van der Waals surface area (Å²) in [5.41, 5.74) is 1.13. The summed E-state index contributed by atoms with van der Waals surface area (Å²) in [5, 5.41) is 2.81. The summed E-state index contributed by atoms with van der Waals surface area (Å²) in [5.74, 6) is 1.52. The first kappa shape index (κ1) is 12.5. The van der Waals surface area contributed by atoms with Gasteiger partial charge >= 0.3 is 0 Å². The lowest BCUT2D eigenvalue weighted by atomic mass is 10.1. The second kappa shape index (κ2) is 6.10. The van der Waals surface area contributed by atoms with E-state index in [1.165, 1.54) is 6.08 Å². The molecule has 1 aromatic rings. The predicted molar refractivity (Wildman–Crippen MR) is 69.0 cm³/mol. The summed E-state index contributed by atoms with van der Waals surface area (Å²) in [7, 11) is 0. The Labute approximate surface area is 107 Å². The maximum Gasteiger partial charge on any atom is 0.243 e. The molecule has 1 N–H and O–H groups in total. The van der Waals surface area contributed by atoms with Gasteiger partial charge in [0.1, 0.15) is 13.2 Å². The Hall–Kier alpha value is -1.97. The first-order valence-electron chi connectivity index (χ1n) is 6.08. The fourth-order valence-corrected chi connectivity index (χ4v) is 1.78. The highest BCUT2D eigenvalue weighted by Crippen LogP contribution is 2.30. The zero-order chi connectivity index (χ0) is 12.8. The number of benzene rings is 1. The molecule has 2 rings (SSSR count). The number of hydrogen-bond acceptors (Lipinski definition) is 3. The molecule has 96 valence electrons. The molecule has 0 spiro atoms. The van der Waals surface area contributed by atoms with Gasteiger partial charge in [-0.2, -0.15) is 0 Å². The van der Waals surface area contributed by atoms with Crippen LogP contribution in [-0.2, 0) is 11.2 Å². The molecule has 1 aromatic carbocycles. The number of amides is 1. The van der Waals surface area contributed by atoms with Crippen molar-refractivity contribution in [2.24, 2.45) is 0 Å². The number of nitrogens with one attached hydrogen (secondary N) is 1. The van der Waals surface area contributed by atoms with Crippen LogP contribution in [0.15, 0.2) is 30.4 Å². The summed E-state index contributed by atoms with van der Waals surface area (Å²) in [6, 6.07) is 5.88. The monoisotopic (exact) mass is 247 g/mol. The Morgan fingerprint density at radius 3 is 2.89 bits per heavy atom. The molecule has 1 heterocycles. The van der Waals surface area contributed by atoms with E-state index in [9.17, 15) is 4.79 Å². The number of fused-ring (bicyclic) bond motifs is 1. The van der Waals surface area contributed by atoms with Gasteiger partial charge in [-0.05, 0) is 37.1 Å². The van der Waals surface area contributed by atoms with E-state index in [0.717, 1.165) is 23.5 Å². The van der Waals surface area contributed by atoms with Crippen molar-refractivity contribution in [2.75, 3.05) is 19.8 Å². The molecule has 0 unspecified atom stereocenters. The standard InChI is InChI=1S/C14H17NO3/c1-2-3-14(16)15-7-6-11-4-5-12-13(10-11)18-9-8-17-12/h2-5,10H,6-9H2,1H3,(H,15,16)/b3-2-. The van der Waals surface area contributed by atoms with E-state index in [-0.39, 0.29) is 5.91 Å². The van der Waals surface area contributed by atoms with E-state index in [1.807, 2.05) is 25.1 Å². The van der Waals surface area contributed by atoms with E-state index < -0.39 is 0 Å². The molecule has 1 amide bonds. The fraction of sp³-hybridized carbons (Fsp3) is 0.357. The third-order valence-electron chi connectivity index (χ3n) is 2.64. The van der Waals surface area contributed by atoms with E-state index in [2.05, 4.69) is 5.32 Å². The lowest BCUT2D eigenvalue weighted by molar-refractivity contribution is -0.116. The molecule has 4 heteroatoms. The van der Waals surface area contributed by atoms with Crippen LogP contribution < -0.4 is 14.8 Å². The van der Waals surface area contributed by atoms with E-state index in [1.54, 1.807) is 6.08 Å². The molecule has 0 aromatic heterocycles. The van der Waals surface area contributed by atoms with Gasteiger partial charge in [-0.1, -0.05) is 12.1 Å². The number of hydrogen-bond donors (Lipinski definition) is 1. The minimum Gasteiger partial charge on any atom is -0.486 e. The Morgan fingerprint density at radius 1 is 1.33 bits per heavy atom. The Kier molecular flexibility index (Phi) is 4.23. The summed E-state index contributed by atoms with van der Waals surface area (Å²) in [6.07, 6.45) is 4.02. The maximum atomic E-state index is 11.2. The van der Waals surface area contributed by atoms with Gasteiger partial charge in [0.05, 0.1) is 0 Å². The third kappa shape index (κ3) is 3.26. The van der Waals surface area contributed by atoms with Crippen LogP contribution in [0.5, 0.6) is 11.5 Å². The number of ether oxygens (including phenoxy) is 2. The normalized spacial score (nSPS) is 13.6. The van der Waals surface area contributed by atoms with Gasteiger partial charge in [0.25, 0.3) is 0 Å². The van der Waals surface area contributed by atoms with Crippen molar-refractivity contribution in [3.63, 3.8) is 0 Å². The highest BCUT2D eigenvalue weighted by atomic mass is 16.6. The molecule has 0 fully saturated rings. The van der Waals surface area contributed by atoms with Crippen molar-refractivity contribution >= 4 is 5.91 Å². The van der Waals surface area contributed by atoms with Crippen molar-refractivity contribution in [3.8, 4) is 11.5 Å².